The highest BCUT2D eigenvalue weighted by Crippen LogP contribution is 2.35. The lowest BCUT2D eigenvalue weighted by atomic mass is 9.97. The summed E-state index contributed by atoms with van der Waals surface area (Å²) in [5.74, 6) is 0.239. The Kier molecular flexibility index (Phi) is 4.23. The Labute approximate surface area is 117 Å². The van der Waals surface area contributed by atoms with Gasteiger partial charge in [-0.3, -0.25) is 4.79 Å². The lowest BCUT2D eigenvalue weighted by molar-refractivity contribution is -0.120. The van der Waals surface area contributed by atoms with E-state index in [9.17, 15) is 10.1 Å². The monoisotopic (exact) mass is 277 g/mol. The van der Waals surface area contributed by atoms with Crippen molar-refractivity contribution in [2.75, 3.05) is 11.9 Å². The summed E-state index contributed by atoms with van der Waals surface area (Å²) in [5.41, 5.74) is 1.77. The van der Waals surface area contributed by atoms with E-state index in [-0.39, 0.29) is 11.8 Å². The van der Waals surface area contributed by atoms with Crippen molar-refractivity contribution < 1.29 is 4.79 Å². The highest BCUT2D eigenvalue weighted by Gasteiger charge is 2.23. The van der Waals surface area contributed by atoms with Gasteiger partial charge in [0, 0.05) is 17.3 Å². The number of thiophene rings is 1. The summed E-state index contributed by atoms with van der Waals surface area (Å²) in [6.07, 6.45) is 0.865. The lowest BCUT2D eigenvalue weighted by Gasteiger charge is -2.14. The van der Waals surface area contributed by atoms with Crippen LogP contribution < -0.4 is 10.6 Å². The van der Waals surface area contributed by atoms with Gasteiger partial charge in [0.15, 0.2) is 0 Å². The van der Waals surface area contributed by atoms with Gasteiger partial charge in [-0.25, -0.2) is 0 Å². The first-order valence-electron chi connectivity index (χ1n) is 6.60. The smallest absolute Gasteiger partial charge is 0.228 e. The van der Waals surface area contributed by atoms with Gasteiger partial charge in [-0.2, -0.15) is 5.26 Å². The molecule has 102 valence electrons. The van der Waals surface area contributed by atoms with Gasteiger partial charge in [-0.15, -0.1) is 11.3 Å². The van der Waals surface area contributed by atoms with Crippen molar-refractivity contribution in [1.82, 2.24) is 5.32 Å². The number of anilines is 1. The first-order valence-corrected chi connectivity index (χ1v) is 7.42. The molecule has 2 N–H and O–H groups in total. The van der Waals surface area contributed by atoms with E-state index in [1.807, 2.05) is 20.8 Å². The molecule has 1 aromatic rings. The highest BCUT2D eigenvalue weighted by molar-refractivity contribution is 7.16. The zero-order valence-corrected chi connectivity index (χ0v) is 12.4. The molecule has 0 aliphatic carbocycles. The first-order chi connectivity index (χ1) is 9.04. The van der Waals surface area contributed by atoms with Crippen LogP contribution in [0.2, 0.25) is 0 Å². The molecule has 1 aliphatic heterocycles. The molecule has 0 aromatic carbocycles. The van der Waals surface area contributed by atoms with Crippen molar-refractivity contribution in [3.8, 4) is 6.07 Å². The third-order valence-electron chi connectivity index (χ3n) is 3.69. The zero-order valence-electron chi connectivity index (χ0n) is 11.5. The first kappa shape index (κ1) is 14.0. The van der Waals surface area contributed by atoms with Crippen LogP contribution in [-0.4, -0.2) is 12.5 Å². The van der Waals surface area contributed by atoms with Crippen molar-refractivity contribution in [3.05, 3.63) is 16.0 Å². The molecular weight excluding hydrogens is 258 g/mol. The summed E-state index contributed by atoms with van der Waals surface area (Å²) in [4.78, 5) is 13.3. The Morgan fingerprint density at radius 2 is 2.21 bits per heavy atom. The Balaban J connectivity index is 2.24. The molecule has 0 saturated heterocycles. The molecule has 0 bridgehead atoms. The van der Waals surface area contributed by atoms with Crippen LogP contribution in [0.3, 0.4) is 0 Å². The second-order valence-corrected chi connectivity index (χ2v) is 6.37. The summed E-state index contributed by atoms with van der Waals surface area (Å²) in [6, 6.07) is 2.25. The van der Waals surface area contributed by atoms with Crippen LogP contribution in [-0.2, 0) is 17.8 Å². The van der Waals surface area contributed by atoms with Gasteiger partial charge in [0.1, 0.15) is 11.1 Å². The second-order valence-electron chi connectivity index (χ2n) is 5.27. The fourth-order valence-electron chi connectivity index (χ4n) is 2.07. The van der Waals surface area contributed by atoms with E-state index in [4.69, 9.17) is 0 Å². The number of carbonyl (C=O) groups excluding carboxylic acids is 1. The van der Waals surface area contributed by atoms with E-state index >= 15 is 0 Å². The molecule has 0 spiro atoms. The topological polar surface area (TPSA) is 64.9 Å². The predicted octanol–water partition coefficient (Wildman–Crippen LogP) is 2.50. The van der Waals surface area contributed by atoms with Crippen LogP contribution in [0.1, 0.15) is 36.8 Å². The molecule has 1 amide bonds. The minimum absolute atomic E-state index is 0.00180. The number of hydrogen-bond acceptors (Lipinski definition) is 4. The maximum Gasteiger partial charge on any atom is 0.228 e. The van der Waals surface area contributed by atoms with E-state index in [0.717, 1.165) is 25.1 Å². The largest absolute Gasteiger partial charge is 0.316 e. The number of amides is 1. The molecule has 0 saturated carbocycles. The molecule has 1 aliphatic rings. The van der Waals surface area contributed by atoms with Crippen molar-refractivity contribution in [3.63, 3.8) is 0 Å². The molecule has 5 heteroatoms. The van der Waals surface area contributed by atoms with E-state index in [1.165, 1.54) is 16.2 Å². The van der Waals surface area contributed by atoms with E-state index in [1.54, 1.807) is 0 Å². The quantitative estimate of drug-likeness (QED) is 0.892. The van der Waals surface area contributed by atoms with Crippen LogP contribution in [0, 0.1) is 23.2 Å². The van der Waals surface area contributed by atoms with Gasteiger partial charge in [-0.05, 0) is 24.4 Å². The third-order valence-corrected chi connectivity index (χ3v) is 4.84. The van der Waals surface area contributed by atoms with Gasteiger partial charge in [0.25, 0.3) is 0 Å². The molecular formula is C14H19N3OS. The van der Waals surface area contributed by atoms with Gasteiger partial charge < -0.3 is 10.6 Å². The highest BCUT2D eigenvalue weighted by atomic mass is 32.1. The lowest BCUT2D eigenvalue weighted by Crippen LogP contribution is -2.24. The molecule has 19 heavy (non-hydrogen) atoms. The van der Waals surface area contributed by atoms with E-state index in [2.05, 4.69) is 16.7 Å². The van der Waals surface area contributed by atoms with Gasteiger partial charge in [-0.1, -0.05) is 20.8 Å². The van der Waals surface area contributed by atoms with Gasteiger partial charge in [0.2, 0.25) is 5.91 Å². The minimum Gasteiger partial charge on any atom is -0.316 e. The molecule has 2 rings (SSSR count). The SMILES string of the molecule is CC(C)C(C)C(=O)Nc1sc2c(c1C#N)CCNC2. The number of hydrogen-bond donors (Lipinski definition) is 2. The minimum atomic E-state index is -0.0520. The van der Waals surface area contributed by atoms with E-state index < -0.39 is 0 Å². The third kappa shape index (κ3) is 2.80. The van der Waals surface area contributed by atoms with Gasteiger partial charge >= 0.3 is 0 Å². The predicted molar refractivity (Wildman–Crippen MR) is 77.1 cm³/mol. The van der Waals surface area contributed by atoms with E-state index in [0.29, 0.717) is 16.5 Å². The number of nitriles is 1. The number of nitrogens with one attached hydrogen (secondary N) is 2. The summed E-state index contributed by atoms with van der Waals surface area (Å²) in [5, 5.41) is 16.2. The van der Waals surface area contributed by atoms with Gasteiger partial charge in [0.05, 0.1) is 5.56 Å². The number of rotatable bonds is 3. The number of carbonyl (C=O) groups is 1. The molecule has 0 radical (unpaired) electrons. The Bertz CT molecular complexity index is 528. The molecule has 4 nitrogen and oxygen atoms in total. The Hall–Kier alpha value is -1.38. The summed E-state index contributed by atoms with van der Waals surface area (Å²) < 4.78 is 0. The van der Waals surface area contributed by atoms with Crippen LogP contribution in [0.5, 0.6) is 0 Å². The maximum atomic E-state index is 12.1. The summed E-state index contributed by atoms with van der Waals surface area (Å²) in [7, 11) is 0. The van der Waals surface area contributed by atoms with Crippen LogP contribution >= 0.6 is 11.3 Å². The fraction of sp³-hybridized carbons (Fsp3) is 0.571. The second kappa shape index (κ2) is 5.72. The zero-order chi connectivity index (χ0) is 14.0. The van der Waals surface area contributed by atoms with Crippen LogP contribution in [0.25, 0.3) is 0 Å². The van der Waals surface area contributed by atoms with Crippen molar-refractivity contribution in [2.45, 2.75) is 33.7 Å². The Morgan fingerprint density at radius 3 is 2.84 bits per heavy atom. The fourth-order valence-corrected chi connectivity index (χ4v) is 3.24. The number of fused-ring (bicyclic) bond motifs is 1. The van der Waals surface area contributed by atoms with Crippen molar-refractivity contribution >= 4 is 22.2 Å². The standard InChI is InChI=1S/C14H19N3OS/c1-8(2)9(3)13(18)17-14-11(6-15)10-4-5-16-7-12(10)19-14/h8-9,16H,4-5,7H2,1-3H3,(H,17,18). The maximum absolute atomic E-state index is 12.1. The number of nitrogens with zero attached hydrogens (tertiary/aromatic N) is 1. The normalized spacial score (nSPS) is 15.7. The van der Waals surface area contributed by atoms with Crippen molar-refractivity contribution in [2.24, 2.45) is 11.8 Å². The molecule has 1 unspecified atom stereocenters. The molecule has 1 atom stereocenters. The average molecular weight is 277 g/mol. The van der Waals surface area contributed by atoms with Crippen molar-refractivity contribution in [1.29, 1.82) is 5.26 Å². The molecule has 0 fully saturated rings. The molecule has 2 heterocycles. The Morgan fingerprint density at radius 1 is 1.47 bits per heavy atom. The van der Waals surface area contributed by atoms with Crippen LogP contribution in [0.4, 0.5) is 5.00 Å². The summed E-state index contributed by atoms with van der Waals surface area (Å²) >= 11 is 1.53. The van der Waals surface area contributed by atoms with Crippen LogP contribution in [0.15, 0.2) is 0 Å². The average Bonchev–Trinajstić information content (AvgIpc) is 2.74. The molecule has 1 aromatic heterocycles. The summed E-state index contributed by atoms with van der Waals surface area (Å²) in [6.45, 7) is 7.66.